The molecule has 0 aromatic heterocycles. The summed E-state index contributed by atoms with van der Waals surface area (Å²) in [5, 5.41) is 5.86. The smallest absolute Gasteiger partial charge is 0.234 e. The van der Waals surface area contributed by atoms with E-state index in [-0.39, 0.29) is 5.91 Å². The average molecular weight is 170 g/mol. The summed E-state index contributed by atoms with van der Waals surface area (Å²) in [7, 11) is 1.79. The number of hydrogen-bond donors (Lipinski definition) is 2. The highest BCUT2D eigenvalue weighted by molar-refractivity contribution is 5.78. The maximum atomic E-state index is 11.1. The van der Waals surface area contributed by atoms with Crippen LogP contribution in [0.15, 0.2) is 0 Å². The highest BCUT2D eigenvalue weighted by Gasteiger charge is 2.14. The first-order valence-electron chi connectivity index (χ1n) is 4.77. The maximum absolute atomic E-state index is 11.1. The molecule has 1 saturated carbocycles. The minimum absolute atomic E-state index is 0.129. The highest BCUT2D eigenvalue weighted by Crippen LogP contribution is 2.16. The van der Waals surface area contributed by atoms with Gasteiger partial charge < -0.3 is 10.6 Å². The third kappa shape index (κ3) is 3.22. The van der Waals surface area contributed by atoms with Gasteiger partial charge in [0.05, 0.1) is 6.54 Å². The molecule has 0 unspecified atom stereocenters. The lowest BCUT2D eigenvalue weighted by atomic mass is 9.95. The Morgan fingerprint density at radius 3 is 2.58 bits per heavy atom. The molecule has 0 heterocycles. The first kappa shape index (κ1) is 9.52. The van der Waals surface area contributed by atoms with Crippen LogP contribution in [0.4, 0.5) is 0 Å². The molecular formula is C9H18N2O. The predicted octanol–water partition coefficient (Wildman–Crippen LogP) is 0.655. The molecule has 3 nitrogen and oxygen atoms in total. The number of hydrogen-bond acceptors (Lipinski definition) is 2. The van der Waals surface area contributed by atoms with Gasteiger partial charge in [-0.1, -0.05) is 19.3 Å². The minimum Gasteiger partial charge on any atom is -0.352 e. The normalized spacial score (nSPS) is 19.1. The van der Waals surface area contributed by atoms with Crippen molar-refractivity contribution in [2.24, 2.45) is 0 Å². The van der Waals surface area contributed by atoms with Gasteiger partial charge in [-0.25, -0.2) is 0 Å². The zero-order chi connectivity index (χ0) is 8.81. The molecule has 0 radical (unpaired) electrons. The fourth-order valence-corrected chi connectivity index (χ4v) is 1.69. The Kier molecular flexibility index (Phi) is 4.08. The number of carbonyl (C=O) groups excluding carboxylic acids is 1. The molecule has 0 saturated heterocycles. The van der Waals surface area contributed by atoms with Crippen molar-refractivity contribution in [2.45, 2.75) is 38.1 Å². The number of likely N-dealkylation sites (N-methyl/N-ethyl adjacent to an activating group) is 1. The molecule has 12 heavy (non-hydrogen) atoms. The Morgan fingerprint density at radius 2 is 2.00 bits per heavy atom. The van der Waals surface area contributed by atoms with E-state index in [4.69, 9.17) is 0 Å². The lowest BCUT2D eigenvalue weighted by Gasteiger charge is -2.22. The van der Waals surface area contributed by atoms with E-state index < -0.39 is 0 Å². The van der Waals surface area contributed by atoms with E-state index in [0.29, 0.717) is 12.6 Å². The second-order valence-corrected chi connectivity index (χ2v) is 3.43. The fraction of sp³-hybridized carbons (Fsp3) is 0.889. The third-order valence-corrected chi connectivity index (χ3v) is 2.31. The Hall–Kier alpha value is -0.570. The molecule has 0 atom stereocenters. The summed E-state index contributed by atoms with van der Waals surface area (Å²) in [6, 6.07) is 0.444. The maximum Gasteiger partial charge on any atom is 0.234 e. The summed E-state index contributed by atoms with van der Waals surface area (Å²) in [4.78, 5) is 11.1. The van der Waals surface area contributed by atoms with Crippen molar-refractivity contribution in [3.05, 3.63) is 0 Å². The molecule has 1 aliphatic carbocycles. The van der Waals surface area contributed by atoms with E-state index in [0.717, 1.165) is 12.8 Å². The van der Waals surface area contributed by atoms with Gasteiger partial charge >= 0.3 is 0 Å². The monoisotopic (exact) mass is 170 g/mol. The van der Waals surface area contributed by atoms with Crippen LogP contribution in [-0.4, -0.2) is 25.5 Å². The van der Waals surface area contributed by atoms with Crippen LogP contribution in [0.2, 0.25) is 0 Å². The summed E-state index contributed by atoms with van der Waals surface area (Å²) in [5.41, 5.74) is 0. The van der Waals surface area contributed by atoms with Gasteiger partial charge in [-0.3, -0.25) is 4.79 Å². The lowest BCUT2D eigenvalue weighted by molar-refractivity contribution is -0.121. The van der Waals surface area contributed by atoms with Gasteiger partial charge in [0.2, 0.25) is 5.91 Å². The largest absolute Gasteiger partial charge is 0.352 e. The molecule has 0 aromatic rings. The second-order valence-electron chi connectivity index (χ2n) is 3.43. The molecule has 2 N–H and O–H groups in total. The SMILES string of the molecule is CNCC(=O)NC1CCCCC1. The summed E-state index contributed by atoms with van der Waals surface area (Å²) in [5.74, 6) is 0.129. The number of amides is 1. The van der Waals surface area contributed by atoms with Crippen molar-refractivity contribution < 1.29 is 4.79 Å². The standard InChI is InChI=1S/C9H18N2O/c1-10-7-9(12)11-8-5-3-2-4-6-8/h8,10H,2-7H2,1H3,(H,11,12). The van der Waals surface area contributed by atoms with Crippen LogP contribution < -0.4 is 10.6 Å². The molecule has 70 valence electrons. The van der Waals surface area contributed by atoms with Gasteiger partial charge in [0.1, 0.15) is 0 Å². The molecule has 1 amide bonds. The second kappa shape index (κ2) is 5.14. The quantitative estimate of drug-likeness (QED) is 0.653. The van der Waals surface area contributed by atoms with E-state index in [1.165, 1.54) is 19.3 Å². The highest BCUT2D eigenvalue weighted by atomic mass is 16.1. The number of nitrogens with one attached hydrogen (secondary N) is 2. The van der Waals surface area contributed by atoms with Gasteiger partial charge in [0, 0.05) is 6.04 Å². The Morgan fingerprint density at radius 1 is 1.33 bits per heavy atom. The van der Waals surface area contributed by atoms with Gasteiger partial charge in [0.25, 0.3) is 0 Å². The zero-order valence-corrected chi connectivity index (χ0v) is 7.73. The Balaban J connectivity index is 2.15. The van der Waals surface area contributed by atoms with Crippen molar-refractivity contribution in [1.82, 2.24) is 10.6 Å². The topological polar surface area (TPSA) is 41.1 Å². The van der Waals surface area contributed by atoms with Crippen molar-refractivity contribution in [2.75, 3.05) is 13.6 Å². The van der Waals surface area contributed by atoms with Crippen molar-refractivity contribution >= 4 is 5.91 Å². The van der Waals surface area contributed by atoms with Gasteiger partial charge in [0.15, 0.2) is 0 Å². The van der Waals surface area contributed by atoms with E-state index in [9.17, 15) is 4.79 Å². The van der Waals surface area contributed by atoms with Crippen molar-refractivity contribution in [3.63, 3.8) is 0 Å². The molecule has 0 bridgehead atoms. The minimum atomic E-state index is 0.129. The summed E-state index contributed by atoms with van der Waals surface area (Å²) < 4.78 is 0. The third-order valence-electron chi connectivity index (χ3n) is 2.31. The van der Waals surface area contributed by atoms with Crippen LogP contribution >= 0.6 is 0 Å². The molecule has 3 heteroatoms. The molecule has 0 aromatic carbocycles. The molecule has 0 aliphatic heterocycles. The van der Waals surface area contributed by atoms with E-state index in [2.05, 4.69) is 10.6 Å². The summed E-state index contributed by atoms with van der Waals surface area (Å²) in [6.07, 6.45) is 6.19. The molecule has 0 spiro atoms. The lowest BCUT2D eigenvalue weighted by Crippen LogP contribution is -2.40. The van der Waals surface area contributed by atoms with E-state index in [1.54, 1.807) is 7.05 Å². The molecular weight excluding hydrogens is 152 g/mol. The van der Waals surface area contributed by atoms with Crippen LogP contribution in [0.25, 0.3) is 0 Å². The zero-order valence-electron chi connectivity index (χ0n) is 7.73. The summed E-state index contributed by atoms with van der Waals surface area (Å²) >= 11 is 0. The fourth-order valence-electron chi connectivity index (χ4n) is 1.69. The van der Waals surface area contributed by atoms with Crippen molar-refractivity contribution in [1.29, 1.82) is 0 Å². The van der Waals surface area contributed by atoms with Crippen LogP contribution in [0.3, 0.4) is 0 Å². The van der Waals surface area contributed by atoms with Gasteiger partial charge in [-0.15, -0.1) is 0 Å². The van der Waals surface area contributed by atoms with E-state index >= 15 is 0 Å². The van der Waals surface area contributed by atoms with Crippen LogP contribution in [0.5, 0.6) is 0 Å². The van der Waals surface area contributed by atoms with E-state index in [1.807, 2.05) is 0 Å². The average Bonchev–Trinajstić information content (AvgIpc) is 2.06. The number of carbonyl (C=O) groups is 1. The van der Waals surface area contributed by atoms with Crippen LogP contribution in [0, 0.1) is 0 Å². The van der Waals surface area contributed by atoms with Gasteiger partial charge in [-0.05, 0) is 19.9 Å². The van der Waals surface area contributed by atoms with Crippen molar-refractivity contribution in [3.8, 4) is 0 Å². The predicted molar refractivity (Wildman–Crippen MR) is 48.9 cm³/mol. The first-order chi connectivity index (χ1) is 5.83. The Labute approximate surface area is 73.9 Å². The Bertz CT molecular complexity index is 141. The summed E-state index contributed by atoms with van der Waals surface area (Å²) in [6.45, 7) is 0.441. The van der Waals surface area contributed by atoms with Crippen LogP contribution in [0.1, 0.15) is 32.1 Å². The van der Waals surface area contributed by atoms with Gasteiger partial charge in [-0.2, -0.15) is 0 Å². The first-order valence-corrected chi connectivity index (χ1v) is 4.77. The molecule has 1 rings (SSSR count). The molecule has 1 aliphatic rings. The molecule has 1 fully saturated rings. The van der Waals surface area contributed by atoms with Crippen LogP contribution in [-0.2, 0) is 4.79 Å². The number of rotatable bonds is 3.